The van der Waals surface area contributed by atoms with Crippen molar-refractivity contribution in [1.29, 1.82) is 0 Å². The van der Waals surface area contributed by atoms with E-state index in [1.165, 1.54) is 16.7 Å². The molecule has 2 atom stereocenters. The van der Waals surface area contributed by atoms with Crippen LogP contribution in [0.15, 0.2) is 18.2 Å². The predicted molar refractivity (Wildman–Crippen MR) is 66.6 cm³/mol. The maximum Gasteiger partial charge on any atom is 0.0501 e. The minimum absolute atomic E-state index is 0.461. The molecule has 1 aromatic rings. The van der Waals surface area contributed by atoms with E-state index >= 15 is 0 Å². The molecule has 0 aromatic heterocycles. The summed E-state index contributed by atoms with van der Waals surface area (Å²) in [5, 5.41) is 0. The third kappa shape index (κ3) is 2.28. The van der Waals surface area contributed by atoms with E-state index in [-0.39, 0.29) is 0 Å². The van der Waals surface area contributed by atoms with E-state index in [4.69, 9.17) is 10.5 Å². The Morgan fingerprint density at radius 2 is 2.25 bits per heavy atom. The van der Waals surface area contributed by atoms with E-state index in [0.717, 1.165) is 26.2 Å². The Bertz CT molecular complexity index is 356. The summed E-state index contributed by atoms with van der Waals surface area (Å²) in [7, 11) is 0. The van der Waals surface area contributed by atoms with Crippen molar-refractivity contribution in [2.45, 2.75) is 26.2 Å². The van der Waals surface area contributed by atoms with Crippen LogP contribution in [0.2, 0.25) is 0 Å². The number of hydrogen-bond acceptors (Lipinski definition) is 2. The van der Waals surface area contributed by atoms with Crippen LogP contribution in [0.4, 0.5) is 0 Å². The van der Waals surface area contributed by atoms with Crippen LogP contribution in [0.3, 0.4) is 0 Å². The maximum atomic E-state index is 5.94. The first-order chi connectivity index (χ1) is 7.72. The molecule has 2 N–H and O–H groups in total. The zero-order valence-electron chi connectivity index (χ0n) is 10.2. The molecule has 0 saturated carbocycles. The fourth-order valence-electron chi connectivity index (χ4n) is 2.69. The number of nitrogens with two attached hydrogens (primary N) is 1. The summed E-state index contributed by atoms with van der Waals surface area (Å²) in [6, 6.07) is 6.66. The fourth-order valence-corrected chi connectivity index (χ4v) is 2.69. The van der Waals surface area contributed by atoms with Crippen LogP contribution in [0, 0.1) is 19.8 Å². The van der Waals surface area contributed by atoms with Gasteiger partial charge in [0, 0.05) is 12.5 Å². The number of aryl methyl sites for hydroxylation is 2. The zero-order valence-corrected chi connectivity index (χ0v) is 10.2. The van der Waals surface area contributed by atoms with E-state index in [2.05, 4.69) is 32.0 Å². The number of ether oxygens (including phenoxy) is 1. The molecule has 0 bridgehead atoms. The molecule has 88 valence electrons. The Morgan fingerprint density at radius 1 is 1.44 bits per heavy atom. The second-order valence-electron chi connectivity index (χ2n) is 4.83. The molecule has 1 saturated heterocycles. The second-order valence-corrected chi connectivity index (χ2v) is 4.83. The van der Waals surface area contributed by atoms with Gasteiger partial charge < -0.3 is 10.5 Å². The van der Waals surface area contributed by atoms with Crippen molar-refractivity contribution in [2.75, 3.05) is 19.8 Å². The molecule has 0 aliphatic carbocycles. The van der Waals surface area contributed by atoms with Crippen LogP contribution in [0.1, 0.15) is 29.0 Å². The normalized spacial score (nSPS) is 22.3. The lowest BCUT2D eigenvalue weighted by Crippen LogP contribution is -2.22. The summed E-state index contributed by atoms with van der Waals surface area (Å²) in [6.45, 7) is 6.80. The van der Waals surface area contributed by atoms with Gasteiger partial charge in [-0.3, -0.25) is 0 Å². The van der Waals surface area contributed by atoms with Crippen LogP contribution in [0.5, 0.6) is 0 Å². The smallest absolute Gasteiger partial charge is 0.0501 e. The van der Waals surface area contributed by atoms with Gasteiger partial charge in [0.15, 0.2) is 0 Å². The van der Waals surface area contributed by atoms with Gasteiger partial charge in [0.1, 0.15) is 0 Å². The third-order valence-electron chi connectivity index (χ3n) is 3.61. The first-order valence-electron chi connectivity index (χ1n) is 6.07. The number of hydrogen-bond donors (Lipinski definition) is 1. The zero-order chi connectivity index (χ0) is 11.5. The van der Waals surface area contributed by atoms with Crippen LogP contribution >= 0.6 is 0 Å². The van der Waals surface area contributed by atoms with Crippen LogP contribution < -0.4 is 5.73 Å². The summed E-state index contributed by atoms with van der Waals surface area (Å²) in [4.78, 5) is 0. The number of rotatable bonds is 3. The first kappa shape index (κ1) is 11.6. The van der Waals surface area contributed by atoms with Crippen molar-refractivity contribution < 1.29 is 4.74 Å². The molecule has 0 spiro atoms. The van der Waals surface area contributed by atoms with Gasteiger partial charge in [-0.25, -0.2) is 0 Å². The Kier molecular flexibility index (Phi) is 3.62. The molecular formula is C14H21NO. The van der Waals surface area contributed by atoms with E-state index in [1.807, 2.05) is 0 Å². The van der Waals surface area contributed by atoms with Crippen molar-refractivity contribution in [3.8, 4) is 0 Å². The van der Waals surface area contributed by atoms with E-state index in [1.54, 1.807) is 0 Å². The van der Waals surface area contributed by atoms with Gasteiger partial charge in [-0.2, -0.15) is 0 Å². The molecule has 0 radical (unpaired) electrons. The van der Waals surface area contributed by atoms with Gasteiger partial charge in [-0.15, -0.1) is 0 Å². The Labute approximate surface area is 97.8 Å². The molecule has 2 rings (SSSR count). The van der Waals surface area contributed by atoms with Gasteiger partial charge >= 0.3 is 0 Å². The molecule has 1 aliphatic heterocycles. The van der Waals surface area contributed by atoms with Crippen molar-refractivity contribution in [2.24, 2.45) is 11.7 Å². The van der Waals surface area contributed by atoms with Gasteiger partial charge in [0.2, 0.25) is 0 Å². The van der Waals surface area contributed by atoms with E-state index in [0.29, 0.717) is 11.8 Å². The van der Waals surface area contributed by atoms with Crippen molar-refractivity contribution >= 4 is 0 Å². The van der Waals surface area contributed by atoms with E-state index < -0.39 is 0 Å². The minimum atomic E-state index is 0.461. The largest absolute Gasteiger partial charge is 0.381 e. The highest BCUT2D eigenvalue weighted by Crippen LogP contribution is 2.32. The Balaban J connectivity index is 2.25. The summed E-state index contributed by atoms with van der Waals surface area (Å²) < 4.78 is 5.47. The molecule has 16 heavy (non-hydrogen) atoms. The molecule has 1 aliphatic rings. The lowest BCUT2D eigenvalue weighted by atomic mass is 9.83. The summed E-state index contributed by atoms with van der Waals surface area (Å²) in [5.74, 6) is 1.06. The molecule has 1 aromatic carbocycles. The summed E-state index contributed by atoms with van der Waals surface area (Å²) in [5.41, 5.74) is 10.0. The van der Waals surface area contributed by atoms with Gasteiger partial charge in [-0.05, 0) is 43.9 Å². The molecule has 1 fully saturated rings. The maximum absolute atomic E-state index is 5.94. The molecule has 2 nitrogen and oxygen atoms in total. The minimum Gasteiger partial charge on any atom is -0.381 e. The van der Waals surface area contributed by atoms with Crippen molar-refractivity contribution in [3.05, 3.63) is 34.9 Å². The molecular weight excluding hydrogens is 198 g/mol. The lowest BCUT2D eigenvalue weighted by molar-refractivity contribution is 0.181. The lowest BCUT2D eigenvalue weighted by Gasteiger charge is -2.23. The quantitative estimate of drug-likeness (QED) is 0.847. The SMILES string of the molecule is Cc1ccc(C(CN)C2CCOC2)c(C)c1. The van der Waals surface area contributed by atoms with Crippen LogP contribution in [0.25, 0.3) is 0 Å². The van der Waals surface area contributed by atoms with Gasteiger partial charge in [-0.1, -0.05) is 23.8 Å². The highest BCUT2D eigenvalue weighted by atomic mass is 16.5. The second kappa shape index (κ2) is 4.98. The number of benzene rings is 1. The Hall–Kier alpha value is -0.860. The average Bonchev–Trinajstić information content (AvgIpc) is 2.75. The first-order valence-corrected chi connectivity index (χ1v) is 6.07. The topological polar surface area (TPSA) is 35.2 Å². The standard InChI is InChI=1S/C14H21NO/c1-10-3-4-13(11(2)7-10)14(8-15)12-5-6-16-9-12/h3-4,7,12,14H,5-6,8-9,15H2,1-2H3. The van der Waals surface area contributed by atoms with E-state index in [9.17, 15) is 0 Å². The summed E-state index contributed by atoms with van der Waals surface area (Å²) in [6.07, 6.45) is 1.15. The fraction of sp³-hybridized carbons (Fsp3) is 0.571. The molecule has 2 unspecified atom stereocenters. The average molecular weight is 219 g/mol. The van der Waals surface area contributed by atoms with Gasteiger partial charge in [0.05, 0.1) is 6.61 Å². The van der Waals surface area contributed by atoms with Crippen molar-refractivity contribution in [3.63, 3.8) is 0 Å². The van der Waals surface area contributed by atoms with Crippen LogP contribution in [-0.4, -0.2) is 19.8 Å². The van der Waals surface area contributed by atoms with Gasteiger partial charge in [0.25, 0.3) is 0 Å². The predicted octanol–water partition coefficient (Wildman–Crippen LogP) is 2.38. The third-order valence-corrected chi connectivity index (χ3v) is 3.61. The van der Waals surface area contributed by atoms with Crippen LogP contribution in [-0.2, 0) is 4.74 Å². The summed E-state index contributed by atoms with van der Waals surface area (Å²) >= 11 is 0. The highest BCUT2D eigenvalue weighted by Gasteiger charge is 2.26. The molecule has 0 amide bonds. The van der Waals surface area contributed by atoms with Crippen molar-refractivity contribution in [1.82, 2.24) is 0 Å². The molecule has 1 heterocycles. The Morgan fingerprint density at radius 3 is 2.81 bits per heavy atom. The monoisotopic (exact) mass is 219 g/mol. The highest BCUT2D eigenvalue weighted by molar-refractivity contribution is 5.33. The molecule has 2 heteroatoms.